The first-order chi connectivity index (χ1) is 9.30. The van der Waals surface area contributed by atoms with Crippen molar-refractivity contribution in [1.82, 2.24) is 0 Å². The largest absolute Gasteiger partial charge is 0.478 e. The van der Waals surface area contributed by atoms with Crippen LogP contribution in [0.4, 0.5) is 0 Å². The summed E-state index contributed by atoms with van der Waals surface area (Å²) in [6, 6.07) is 2.65. The Kier molecular flexibility index (Phi) is 2.66. The van der Waals surface area contributed by atoms with E-state index in [1.807, 2.05) is 0 Å². The molecule has 1 aliphatic heterocycles. The van der Waals surface area contributed by atoms with Crippen molar-refractivity contribution in [3.8, 4) is 0 Å². The van der Waals surface area contributed by atoms with Gasteiger partial charge < -0.3 is 9.94 Å². The lowest BCUT2D eigenvalue weighted by molar-refractivity contribution is 0.0696. The van der Waals surface area contributed by atoms with E-state index in [9.17, 15) is 18.3 Å². The van der Waals surface area contributed by atoms with Crippen molar-refractivity contribution >= 4 is 21.5 Å². The molecule has 1 aromatic rings. The molecule has 0 bridgehead atoms. The number of aromatic carboxylic acids is 1. The third kappa shape index (κ3) is 1.89. The molecule has 1 saturated carbocycles. The molecular formula is C13H13NO5S. The third-order valence-corrected chi connectivity index (χ3v) is 4.82. The number of oxime groups is 1. The van der Waals surface area contributed by atoms with Gasteiger partial charge in [-0.1, -0.05) is 5.16 Å². The van der Waals surface area contributed by atoms with Gasteiger partial charge in [-0.3, -0.25) is 0 Å². The summed E-state index contributed by atoms with van der Waals surface area (Å²) >= 11 is 0. The van der Waals surface area contributed by atoms with Gasteiger partial charge in [0.05, 0.1) is 16.2 Å². The number of nitrogens with zero attached hydrogens (tertiary/aromatic N) is 1. The number of hydrogen-bond donors (Lipinski definition) is 1. The average molecular weight is 295 g/mol. The Morgan fingerprint density at radius 3 is 2.60 bits per heavy atom. The Hall–Kier alpha value is -1.89. The highest BCUT2D eigenvalue weighted by molar-refractivity contribution is 7.90. The highest BCUT2D eigenvalue weighted by atomic mass is 32.2. The minimum atomic E-state index is -3.47. The lowest BCUT2D eigenvalue weighted by Gasteiger charge is -2.13. The van der Waals surface area contributed by atoms with Crippen molar-refractivity contribution in [2.24, 2.45) is 11.1 Å². The second-order valence-corrected chi connectivity index (χ2v) is 7.14. The molecule has 3 rings (SSSR count). The molecule has 1 N–H and O–H groups in total. The van der Waals surface area contributed by atoms with Gasteiger partial charge in [0, 0.05) is 17.7 Å². The summed E-state index contributed by atoms with van der Waals surface area (Å²) in [6.45, 7) is 1.60. The summed E-state index contributed by atoms with van der Waals surface area (Å²) in [7, 11) is -3.47. The predicted octanol–water partition coefficient (Wildman–Crippen LogP) is 1.22. The second kappa shape index (κ2) is 4.05. The molecule has 2 unspecified atom stereocenters. The number of sulfone groups is 1. The Morgan fingerprint density at radius 1 is 1.45 bits per heavy atom. The minimum absolute atomic E-state index is 0.0188. The smallest absolute Gasteiger partial charge is 0.335 e. The Morgan fingerprint density at radius 2 is 2.15 bits per heavy atom. The fraction of sp³-hybridized carbons (Fsp3) is 0.385. The van der Waals surface area contributed by atoms with Gasteiger partial charge in [-0.2, -0.15) is 0 Å². The molecule has 2 atom stereocenters. The molecular weight excluding hydrogens is 282 g/mol. The maximum atomic E-state index is 11.9. The molecule has 7 heteroatoms. The number of rotatable bonds is 3. The zero-order chi connectivity index (χ0) is 14.7. The summed E-state index contributed by atoms with van der Waals surface area (Å²) in [4.78, 5) is 16.5. The van der Waals surface area contributed by atoms with Crippen LogP contribution in [0.25, 0.3) is 0 Å². The van der Waals surface area contributed by atoms with Crippen molar-refractivity contribution in [3.63, 3.8) is 0 Å². The summed E-state index contributed by atoms with van der Waals surface area (Å²) in [5.74, 6) is -1.01. The standard InChI is InChI=1S/C13H13NO5S/c1-6-7(13(15)16)3-4-10(20(2,17)18)11(6)12-8-5-9(8)19-14-12/h3-4,8-9H,5H2,1-2H3,(H,15,16). The Labute approximate surface area is 116 Å². The predicted molar refractivity (Wildman–Crippen MR) is 70.8 cm³/mol. The normalized spacial score (nSPS) is 23.8. The van der Waals surface area contributed by atoms with Gasteiger partial charge in [-0.05, 0) is 31.0 Å². The third-order valence-electron chi connectivity index (χ3n) is 3.68. The summed E-state index contributed by atoms with van der Waals surface area (Å²) in [6.07, 6.45) is 1.93. The van der Waals surface area contributed by atoms with Crippen molar-refractivity contribution in [2.45, 2.75) is 24.3 Å². The molecule has 106 valence electrons. The monoisotopic (exact) mass is 295 g/mol. The molecule has 1 heterocycles. The van der Waals surface area contributed by atoms with Crippen LogP contribution in [0.2, 0.25) is 0 Å². The van der Waals surface area contributed by atoms with Crippen LogP contribution >= 0.6 is 0 Å². The van der Waals surface area contributed by atoms with E-state index in [-0.39, 0.29) is 22.5 Å². The highest BCUT2D eigenvalue weighted by Crippen LogP contribution is 2.44. The molecule has 20 heavy (non-hydrogen) atoms. The van der Waals surface area contributed by atoms with E-state index < -0.39 is 15.8 Å². The number of carboxylic acid groups (broad SMARTS) is 1. The van der Waals surface area contributed by atoms with E-state index in [2.05, 4.69) is 5.16 Å². The van der Waals surface area contributed by atoms with Crippen molar-refractivity contribution < 1.29 is 23.2 Å². The number of fused-ring (bicyclic) bond motifs is 1. The summed E-state index contributed by atoms with van der Waals surface area (Å²) in [5, 5.41) is 13.1. The van der Waals surface area contributed by atoms with E-state index >= 15 is 0 Å². The van der Waals surface area contributed by atoms with Gasteiger partial charge in [0.1, 0.15) is 6.10 Å². The topological polar surface area (TPSA) is 93.0 Å². The molecule has 1 aliphatic carbocycles. The molecule has 2 aliphatic rings. The summed E-state index contributed by atoms with van der Waals surface area (Å²) < 4.78 is 23.8. The van der Waals surface area contributed by atoms with E-state index in [0.717, 1.165) is 12.7 Å². The second-order valence-electron chi connectivity index (χ2n) is 5.15. The quantitative estimate of drug-likeness (QED) is 0.905. The maximum Gasteiger partial charge on any atom is 0.335 e. The van der Waals surface area contributed by atoms with Crippen LogP contribution in [-0.2, 0) is 14.7 Å². The van der Waals surface area contributed by atoms with Gasteiger partial charge in [0.2, 0.25) is 0 Å². The molecule has 6 nitrogen and oxygen atoms in total. The maximum absolute atomic E-state index is 11.9. The van der Waals surface area contributed by atoms with Gasteiger partial charge in [-0.15, -0.1) is 0 Å². The first-order valence-corrected chi connectivity index (χ1v) is 8.01. The molecule has 1 fully saturated rings. The van der Waals surface area contributed by atoms with Crippen molar-refractivity contribution in [1.29, 1.82) is 0 Å². The average Bonchev–Trinajstić information content (AvgIpc) is 3.00. The van der Waals surface area contributed by atoms with Crippen LogP contribution in [0.5, 0.6) is 0 Å². The lowest BCUT2D eigenvalue weighted by Crippen LogP contribution is -2.15. The molecule has 0 aromatic heterocycles. The van der Waals surface area contributed by atoms with Crippen molar-refractivity contribution in [2.75, 3.05) is 6.26 Å². The first kappa shape index (κ1) is 13.1. The molecule has 0 amide bonds. The fourth-order valence-corrected chi connectivity index (χ4v) is 3.49. The van der Waals surface area contributed by atoms with Crippen molar-refractivity contribution in [3.05, 3.63) is 28.8 Å². The zero-order valence-corrected chi connectivity index (χ0v) is 11.8. The number of benzene rings is 1. The number of hydrogen-bond acceptors (Lipinski definition) is 5. The minimum Gasteiger partial charge on any atom is -0.478 e. The van der Waals surface area contributed by atoms with Gasteiger partial charge in [0.25, 0.3) is 0 Å². The van der Waals surface area contributed by atoms with Crippen LogP contribution in [-0.4, -0.2) is 37.6 Å². The Balaban J connectivity index is 2.27. The SMILES string of the molecule is Cc1c(C(=O)O)ccc(S(C)(=O)=O)c1C1=NOC2CC12. The molecule has 0 radical (unpaired) electrons. The molecule has 0 saturated heterocycles. The molecule has 0 spiro atoms. The first-order valence-electron chi connectivity index (χ1n) is 6.11. The lowest BCUT2D eigenvalue weighted by atomic mass is 9.96. The zero-order valence-electron chi connectivity index (χ0n) is 11.0. The van der Waals surface area contributed by atoms with Crippen LogP contribution < -0.4 is 0 Å². The summed E-state index contributed by atoms with van der Waals surface area (Å²) in [5.41, 5.74) is 1.43. The van der Waals surface area contributed by atoms with Crippen LogP contribution in [0.3, 0.4) is 0 Å². The van der Waals surface area contributed by atoms with Gasteiger partial charge >= 0.3 is 5.97 Å². The fourth-order valence-electron chi connectivity index (χ4n) is 2.54. The van der Waals surface area contributed by atoms with Crippen LogP contribution in [0.15, 0.2) is 22.2 Å². The number of carboxylic acids is 1. The van der Waals surface area contributed by atoms with E-state index in [4.69, 9.17) is 4.84 Å². The van der Waals surface area contributed by atoms with E-state index in [1.54, 1.807) is 6.92 Å². The number of carbonyl (C=O) groups is 1. The van der Waals surface area contributed by atoms with Gasteiger partial charge in [0.15, 0.2) is 9.84 Å². The van der Waals surface area contributed by atoms with Gasteiger partial charge in [-0.25, -0.2) is 13.2 Å². The Bertz CT molecular complexity index is 750. The van der Waals surface area contributed by atoms with Crippen LogP contribution in [0.1, 0.15) is 27.9 Å². The van der Waals surface area contributed by atoms with E-state index in [1.165, 1.54) is 12.1 Å². The highest BCUT2D eigenvalue weighted by Gasteiger charge is 2.50. The molecule has 1 aromatic carbocycles. The van der Waals surface area contributed by atoms with Crippen LogP contribution in [0, 0.1) is 12.8 Å². The van der Waals surface area contributed by atoms with E-state index in [0.29, 0.717) is 16.8 Å².